The summed E-state index contributed by atoms with van der Waals surface area (Å²) in [5, 5.41) is 3.34. The maximum atomic E-state index is 4.37. The average Bonchev–Trinajstić information content (AvgIpc) is 2.34. The van der Waals surface area contributed by atoms with Crippen molar-refractivity contribution >= 4 is 11.6 Å². The van der Waals surface area contributed by atoms with Crippen molar-refractivity contribution in [3.8, 4) is 0 Å². The summed E-state index contributed by atoms with van der Waals surface area (Å²) in [4.78, 5) is 10.9. The first-order chi connectivity index (χ1) is 8.20. The first-order valence-electron chi connectivity index (χ1n) is 6.47. The van der Waals surface area contributed by atoms with E-state index >= 15 is 0 Å². The second-order valence-electron chi connectivity index (χ2n) is 4.37. The zero-order valence-corrected chi connectivity index (χ0v) is 11.5. The van der Waals surface area contributed by atoms with Gasteiger partial charge in [0.15, 0.2) is 0 Å². The fourth-order valence-electron chi connectivity index (χ4n) is 1.75. The highest BCUT2D eigenvalue weighted by molar-refractivity contribution is 5.57. The molecular weight excluding hydrogens is 212 g/mol. The third-order valence-electron chi connectivity index (χ3n) is 2.81. The normalized spacial score (nSPS) is 10.4. The summed E-state index contributed by atoms with van der Waals surface area (Å²) in [6, 6.07) is 0. The summed E-state index contributed by atoms with van der Waals surface area (Å²) < 4.78 is 0. The minimum atomic E-state index is 0.954. The minimum absolute atomic E-state index is 0.954. The van der Waals surface area contributed by atoms with Gasteiger partial charge in [0, 0.05) is 25.7 Å². The van der Waals surface area contributed by atoms with Crippen molar-refractivity contribution < 1.29 is 0 Å². The van der Waals surface area contributed by atoms with Crippen molar-refractivity contribution in [1.82, 2.24) is 9.97 Å². The highest BCUT2D eigenvalue weighted by Gasteiger charge is 2.09. The number of hydrogen-bond acceptors (Lipinski definition) is 4. The standard InChI is InChI=1S/C13H24N4/c1-5-7-9-17(4)13-11(3)12(14-8-6-2)15-10-16-13/h10H,5-9H2,1-4H3,(H,14,15,16). The molecule has 0 spiro atoms. The van der Waals surface area contributed by atoms with Gasteiger partial charge in [-0.2, -0.15) is 0 Å². The monoisotopic (exact) mass is 236 g/mol. The van der Waals surface area contributed by atoms with E-state index in [2.05, 4.69) is 48.0 Å². The van der Waals surface area contributed by atoms with Gasteiger partial charge >= 0.3 is 0 Å². The molecular formula is C13H24N4. The van der Waals surface area contributed by atoms with Gasteiger partial charge in [-0.3, -0.25) is 0 Å². The highest BCUT2D eigenvalue weighted by Crippen LogP contribution is 2.21. The predicted molar refractivity (Wildman–Crippen MR) is 73.7 cm³/mol. The lowest BCUT2D eigenvalue weighted by molar-refractivity contribution is 0.756. The Hall–Kier alpha value is -1.32. The van der Waals surface area contributed by atoms with E-state index in [0.29, 0.717) is 0 Å². The van der Waals surface area contributed by atoms with Gasteiger partial charge in [-0.1, -0.05) is 20.3 Å². The Balaban J connectivity index is 2.78. The molecule has 0 atom stereocenters. The van der Waals surface area contributed by atoms with E-state index < -0.39 is 0 Å². The van der Waals surface area contributed by atoms with E-state index in [4.69, 9.17) is 0 Å². The molecule has 4 nitrogen and oxygen atoms in total. The number of nitrogens with one attached hydrogen (secondary N) is 1. The molecule has 0 amide bonds. The molecule has 0 radical (unpaired) electrons. The van der Waals surface area contributed by atoms with Gasteiger partial charge in [0.05, 0.1) is 0 Å². The highest BCUT2D eigenvalue weighted by atomic mass is 15.2. The number of unbranched alkanes of at least 4 members (excludes halogenated alkanes) is 1. The molecule has 1 aromatic heterocycles. The zero-order valence-electron chi connectivity index (χ0n) is 11.5. The molecule has 0 bridgehead atoms. The Morgan fingerprint density at radius 1 is 1.24 bits per heavy atom. The molecule has 1 heterocycles. The first kappa shape index (κ1) is 13.7. The topological polar surface area (TPSA) is 41.1 Å². The fraction of sp³-hybridized carbons (Fsp3) is 0.692. The van der Waals surface area contributed by atoms with E-state index in [-0.39, 0.29) is 0 Å². The van der Waals surface area contributed by atoms with E-state index in [0.717, 1.165) is 36.7 Å². The summed E-state index contributed by atoms with van der Waals surface area (Å²) >= 11 is 0. The van der Waals surface area contributed by atoms with Gasteiger partial charge in [0.1, 0.15) is 18.0 Å². The van der Waals surface area contributed by atoms with Gasteiger partial charge < -0.3 is 10.2 Å². The molecule has 0 aliphatic rings. The lowest BCUT2D eigenvalue weighted by Crippen LogP contribution is -2.21. The molecule has 0 aliphatic heterocycles. The molecule has 0 fully saturated rings. The molecule has 1 rings (SSSR count). The number of hydrogen-bond donors (Lipinski definition) is 1. The van der Waals surface area contributed by atoms with Gasteiger partial charge in [0.25, 0.3) is 0 Å². The Morgan fingerprint density at radius 2 is 2.00 bits per heavy atom. The van der Waals surface area contributed by atoms with Crippen LogP contribution in [0.25, 0.3) is 0 Å². The van der Waals surface area contributed by atoms with Crippen LogP contribution in [0.5, 0.6) is 0 Å². The average molecular weight is 236 g/mol. The van der Waals surface area contributed by atoms with Gasteiger partial charge in [-0.25, -0.2) is 9.97 Å². The Labute approximate surface area is 104 Å². The zero-order chi connectivity index (χ0) is 12.7. The lowest BCUT2D eigenvalue weighted by Gasteiger charge is -2.21. The number of nitrogens with zero attached hydrogens (tertiary/aromatic N) is 3. The van der Waals surface area contributed by atoms with Crippen LogP contribution in [-0.4, -0.2) is 30.1 Å². The lowest BCUT2D eigenvalue weighted by atomic mass is 10.2. The molecule has 0 saturated heterocycles. The van der Waals surface area contributed by atoms with Crippen molar-refractivity contribution in [1.29, 1.82) is 0 Å². The van der Waals surface area contributed by atoms with Crippen molar-refractivity contribution in [3.05, 3.63) is 11.9 Å². The molecule has 96 valence electrons. The predicted octanol–water partition coefficient (Wildman–Crippen LogP) is 2.84. The third-order valence-corrected chi connectivity index (χ3v) is 2.81. The van der Waals surface area contributed by atoms with Crippen molar-refractivity contribution in [2.24, 2.45) is 0 Å². The third kappa shape index (κ3) is 3.88. The van der Waals surface area contributed by atoms with Crippen LogP contribution in [0.15, 0.2) is 6.33 Å². The van der Waals surface area contributed by atoms with E-state index in [1.165, 1.54) is 12.8 Å². The second-order valence-corrected chi connectivity index (χ2v) is 4.37. The van der Waals surface area contributed by atoms with E-state index in [9.17, 15) is 0 Å². The van der Waals surface area contributed by atoms with E-state index in [1.54, 1.807) is 6.33 Å². The number of rotatable bonds is 7. The smallest absolute Gasteiger partial charge is 0.136 e. The van der Waals surface area contributed by atoms with Crippen LogP contribution in [0.4, 0.5) is 11.6 Å². The summed E-state index contributed by atoms with van der Waals surface area (Å²) in [5.41, 5.74) is 1.14. The number of anilines is 2. The Bertz CT molecular complexity index is 338. The van der Waals surface area contributed by atoms with Crippen LogP contribution in [0.2, 0.25) is 0 Å². The van der Waals surface area contributed by atoms with Gasteiger partial charge in [0.2, 0.25) is 0 Å². The molecule has 0 saturated carbocycles. The maximum Gasteiger partial charge on any atom is 0.136 e. The van der Waals surface area contributed by atoms with Crippen molar-refractivity contribution in [2.75, 3.05) is 30.4 Å². The van der Waals surface area contributed by atoms with Crippen LogP contribution in [0.1, 0.15) is 38.7 Å². The summed E-state index contributed by atoms with van der Waals surface area (Å²) in [7, 11) is 2.09. The maximum absolute atomic E-state index is 4.37. The van der Waals surface area contributed by atoms with Gasteiger partial charge in [-0.15, -0.1) is 0 Å². The molecule has 1 aromatic rings. The van der Waals surface area contributed by atoms with Crippen LogP contribution in [0, 0.1) is 6.92 Å². The molecule has 0 unspecified atom stereocenters. The van der Waals surface area contributed by atoms with Crippen molar-refractivity contribution in [2.45, 2.75) is 40.0 Å². The summed E-state index contributed by atoms with van der Waals surface area (Å²) in [6.45, 7) is 8.43. The fourth-order valence-corrected chi connectivity index (χ4v) is 1.75. The first-order valence-corrected chi connectivity index (χ1v) is 6.47. The van der Waals surface area contributed by atoms with Crippen molar-refractivity contribution in [3.63, 3.8) is 0 Å². The SMILES string of the molecule is CCCCN(C)c1ncnc(NCCC)c1C. The van der Waals surface area contributed by atoms with Crippen LogP contribution in [0.3, 0.4) is 0 Å². The van der Waals surface area contributed by atoms with Gasteiger partial charge in [-0.05, 0) is 19.8 Å². The van der Waals surface area contributed by atoms with Crippen LogP contribution < -0.4 is 10.2 Å². The van der Waals surface area contributed by atoms with Crippen LogP contribution >= 0.6 is 0 Å². The summed E-state index contributed by atoms with van der Waals surface area (Å²) in [6.07, 6.45) is 5.14. The second kappa shape index (κ2) is 7.09. The molecule has 4 heteroatoms. The number of aromatic nitrogens is 2. The molecule has 0 aromatic carbocycles. The van der Waals surface area contributed by atoms with E-state index in [1.807, 2.05) is 0 Å². The Kier molecular flexibility index (Phi) is 5.73. The van der Waals surface area contributed by atoms with Crippen LogP contribution in [-0.2, 0) is 0 Å². The minimum Gasteiger partial charge on any atom is -0.370 e. The quantitative estimate of drug-likeness (QED) is 0.790. The largest absolute Gasteiger partial charge is 0.370 e. The Morgan fingerprint density at radius 3 is 2.65 bits per heavy atom. The molecule has 1 N–H and O–H groups in total. The summed E-state index contributed by atoms with van der Waals surface area (Å²) in [5.74, 6) is 1.99. The molecule has 17 heavy (non-hydrogen) atoms. The molecule has 0 aliphatic carbocycles.